The van der Waals surface area contributed by atoms with Crippen molar-refractivity contribution >= 4 is 35.0 Å². The number of hydrazine groups is 1. The minimum absolute atomic E-state index is 0.162. The van der Waals surface area contributed by atoms with Crippen LogP contribution in [-0.2, 0) is 0 Å². The van der Waals surface area contributed by atoms with E-state index in [0.29, 0.717) is 18.1 Å². The van der Waals surface area contributed by atoms with Crippen LogP contribution in [0, 0.1) is 0 Å². The van der Waals surface area contributed by atoms with E-state index in [1.54, 1.807) is 12.1 Å². The Balaban J connectivity index is 2.08. The van der Waals surface area contributed by atoms with Crippen LogP contribution in [0.25, 0.3) is 0 Å². The highest BCUT2D eigenvalue weighted by Crippen LogP contribution is 2.33. The Bertz CT molecular complexity index is 835. The number of ether oxygens (including phenoxy) is 3. The van der Waals surface area contributed by atoms with Crippen LogP contribution in [0.3, 0.4) is 0 Å². The van der Waals surface area contributed by atoms with E-state index < -0.39 is 11.8 Å². The van der Waals surface area contributed by atoms with Crippen molar-refractivity contribution < 1.29 is 23.8 Å². The van der Waals surface area contributed by atoms with Crippen LogP contribution in [0.15, 0.2) is 30.3 Å². The maximum absolute atomic E-state index is 12.3. The first-order valence-corrected chi connectivity index (χ1v) is 8.61. The number of carbonyl (C=O) groups is 2. The average Bonchev–Trinajstić information content (AvgIpc) is 2.66. The van der Waals surface area contributed by atoms with Crippen LogP contribution in [0.2, 0.25) is 10.0 Å². The zero-order chi connectivity index (χ0) is 20.0. The molecule has 2 amide bonds. The summed E-state index contributed by atoms with van der Waals surface area (Å²) in [5, 5.41) is 0.357. The average molecular weight is 413 g/mol. The van der Waals surface area contributed by atoms with E-state index in [4.69, 9.17) is 37.4 Å². The maximum Gasteiger partial charge on any atom is 0.269 e. The van der Waals surface area contributed by atoms with E-state index >= 15 is 0 Å². The molecule has 0 atom stereocenters. The predicted octanol–water partition coefficient (Wildman–Crippen LogP) is 3.48. The summed E-state index contributed by atoms with van der Waals surface area (Å²) in [6.07, 6.45) is 0. The molecule has 144 valence electrons. The third-order valence-corrected chi connectivity index (χ3v) is 4.04. The molecule has 0 aliphatic heterocycles. The quantitative estimate of drug-likeness (QED) is 0.709. The summed E-state index contributed by atoms with van der Waals surface area (Å²) in [6.45, 7) is 2.30. The normalized spacial score (nSPS) is 10.1. The van der Waals surface area contributed by atoms with Gasteiger partial charge in [0.2, 0.25) is 0 Å². The number of hydrogen-bond donors (Lipinski definition) is 2. The Kier molecular flexibility index (Phi) is 7.15. The van der Waals surface area contributed by atoms with Crippen LogP contribution < -0.4 is 25.1 Å². The molecule has 0 saturated heterocycles. The van der Waals surface area contributed by atoms with Gasteiger partial charge in [0.05, 0.1) is 30.9 Å². The zero-order valence-corrected chi connectivity index (χ0v) is 16.4. The summed E-state index contributed by atoms with van der Waals surface area (Å²) in [6, 6.07) is 7.44. The highest BCUT2D eigenvalue weighted by molar-refractivity contribution is 6.37. The molecule has 9 heteroatoms. The van der Waals surface area contributed by atoms with Gasteiger partial charge in [0, 0.05) is 11.1 Å². The van der Waals surface area contributed by atoms with Crippen molar-refractivity contribution in [1.29, 1.82) is 0 Å². The second kappa shape index (κ2) is 9.34. The molecule has 0 aliphatic carbocycles. The van der Waals surface area contributed by atoms with Crippen LogP contribution in [0.1, 0.15) is 27.6 Å². The Morgan fingerprint density at radius 2 is 1.48 bits per heavy atom. The van der Waals surface area contributed by atoms with Crippen molar-refractivity contribution in [3.05, 3.63) is 51.5 Å². The minimum Gasteiger partial charge on any atom is -0.494 e. The Labute approximate surface area is 166 Å². The molecule has 27 heavy (non-hydrogen) atoms. The van der Waals surface area contributed by atoms with E-state index in [9.17, 15) is 9.59 Å². The van der Waals surface area contributed by atoms with Gasteiger partial charge in [-0.15, -0.1) is 0 Å². The lowest BCUT2D eigenvalue weighted by Gasteiger charge is -2.12. The molecule has 0 aromatic heterocycles. The number of carbonyl (C=O) groups excluding carboxylic acids is 2. The van der Waals surface area contributed by atoms with Gasteiger partial charge >= 0.3 is 0 Å². The van der Waals surface area contributed by atoms with Crippen LogP contribution in [-0.4, -0.2) is 32.6 Å². The van der Waals surface area contributed by atoms with Crippen LogP contribution >= 0.6 is 23.2 Å². The summed E-state index contributed by atoms with van der Waals surface area (Å²) in [5.41, 5.74) is 5.05. The molecule has 2 N–H and O–H groups in total. The van der Waals surface area contributed by atoms with Crippen molar-refractivity contribution in [3.8, 4) is 17.2 Å². The number of nitrogens with one attached hydrogen (secondary N) is 2. The van der Waals surface area contributed by atoms with E-state index in [0.717, 1.165) is 0 Å². The van der Waals surface area contributed by atoms with Gasteiger partial charge in [0.15, 0.2) is 17.2 Å². The summed E-state index contributed by atoms with van der Waals surface area (Å²) >= 11 is 12.0. The summed E-state index contributed by atoms with van der Waals surface area (Å²) in [7, 11) is 2.89. The van der Waals surface area contributed by atoms with Gasteiger partial charge in [-0.1, -0.05) is 23.2 Å². The molecule has 0 bridgehead atoms. The van der Waals surface area contributed by atoms with E-state index in [1.165, 1.54) is 32.4 Å². The molecule has 0 fully saturated rings. The second-order valence-corrected chi connectivity index (χ2v) is 5.99. The number of methoxy groups -OCH3 is 2. The molecular weight excluding hydrogens is 395 g/mol. The number of rotatable bonds is 6. The molecule has 2 aromatic carbocycles. The molecular formula is C18H18Cl2N2O5. The first-order chi connectivity index (χ1) is 12.9. The van der Waals surface area contributed by atoms with Gasteiger partial charge < -0.3 is 14.2 Å². The Hall–Kier alpha value is -2.64. The number of halogens is 2. The number of benzene rings is 2. The smallest absolute Gasteiger partial charge is 0.269 e. The molecule has 0 unspecified atom stereocenters. The Morgan fingerprint density at radius 3 is 2.00 bits per heavy atom. The summed E-state index contributed by atoms with van der Waals surface area (Å²) in [4.78, 5) is 24.5. The first kappa shape index (κ1) is 20.7. The molecule has 7 nitrogen and oxygen atoms in total. The van der Waals surface area contributed by atoms with Crippen molar-refractivity contribution in [1.82, 2.24) is 10.9 Å². The zero-order valence-electron chi connectivity index (χ0n) is 14.9. The lowest BCUT2D eigenvalue weighted by Crippen LogP contribution is -2.41. The van der Waals surface area contributed by atoms with Crippen LogP contribution in [0.5, 0.6) is 17.2 Å². The number of amides is 2. The van der Waals surface area contributed by atoms with Gasteiger partial charge in [-0.05, 0) is 37.3 Å². The fourth-order valence-corrected chi connectivity index (χ4v) is 2.87. The lowest BCUT2D eigenvalue weighted by atomic mass is 10.2. The summed E-state index contributed by atoms with van der Waals surface area (Å²) in [5.74, 6) is 0.0659. The first-order valence-electron chi connectivity index (χ1n) is 7.85. The SMILES string of the molecule is CCOc1ccc(C(=O)NNC(=O)c2cc(Cl)c(OC)c(Cl)c2)cc1OC. The Morgan fingerprint density at radius 1 is 0.889 bits per heavy atom. The van der Waals surface area contributed by atoms with Gasteiger partial charge in [0.1, 0.15) is 0 Å². The van der Waals surface area contributed by atoms with Crippen molar-refractivity contribution in [2.75, 3.05) is 20.8 Å². The lowest BCUT2D eigenvalue weighted by molar-refractivity contribution is 0.0846. The highest BCUT2D eigenvalue weighted by Gasteiger charge is 2.15. The molecule has 0 heterocycles. The minimum atomic E-state index is -0.590. The van der Waals surface area contributed by atoms with Crippen molar-refractivity contribution in [3.63, 3.8) is 0 Å². The molecule has 0 saturated carbocycles. The van der Waals surface area contributed by atoms with Crippen LogP contribution in [0.4, 0.5) is 0 Å². The highest BCUT2D eigenvalue weighted by atomic mass is 35.5. The molecule has 0 aliphatic rings. The van der Waals surface area contributed by atoms with E-state index in [1.807, 2.05) is 6.92 Å². The van der Waals surface area contributed by atoms with Gasteiger partial charge in [0.25, 0.3) is 11.8 Å². The summed E-state index contributed by atoms with van der Waals surface area (Å²) < 4.78 is 15.6. The molecule has 2 aromatic rings. The predicted molar refractivity (Wildman–Crippen MR) is 102 cm³/mol. The van der Waals surface area contributed by atoms with Gasteiger partial charge in [-0.2, -0.15) is 0 Å². The van der Waals surface area contributed by atoms with Crippen molar-refractivity contribution in [2.45, 2.75) is 6.92 Å². The van der Waals surface area contributed by atoms with E-state index in [2.05, 4.69) is 10.9 Å². The van der Waals surface area contributed by atoms with Gasteiger partial charge in [-0.25, -0.2) is 0 Å². The second-order valence-electron chi connectivity index (χ2n) is 5.18. The monoisotopic (exact) mass is 412 g/mol. The fourth-order valence-electron chi connectivity index (χ4n) is 2.23. The largest absolute Gasteiger partial charge is 0.494 e. The van der Waals surface area contributed by atoms with Gasteiger partial charge in [-0.3, -0.25) is 20.4 Å². The standard InChI is InChI=1S/C18H18Cl2N2O5/c1-4-27-14-6-5-10(9-15(14)25-2)17(23)21-22-18(24)11-7-12(19)16(26-3)13(20)8-11/h5-9H,4H2,1-3H3,(H,21,23)(H,22,24). The molecule has 0 radical (unpaired) electrons. The van der Waals surface area contributed by atoms with Crippen molar-refractivity contribution in [2.24, 2.45) is 0 Å². The topological polar surface area (TPSA) is 85.9 Å². The third-order valence-electron chi connectivity index (χ3n) is 3.48. The van der Waals surface area contributed by atoms with E-state index in [-0.39, 0.29) is 26.9 Å². The third kappa shape index (κ3) is 4.96. The fraction of sp³-hybridized carbons (Fsp3) is 0.222. The maximum atomic E-state index is 12.3. The number of hydrogen-bond acceptors (Lipinski definition) is 5. The molecule has 2 rings (SSSR count). The molecule has 0 spiro atoms.